The average molecular weight is 399 g/mol. The van der Waals surface area contributed by atoms with Gasteiger partial charge < -0.3 is 20.5 Å². The van der Waals surface area contributed by atoms with E-state index in [-0.39, 0.29) is 12.1 Å². The number of anilines is 1. The van der Waals surface area contributed by atoms with E-state index < -0.39 is 0 Å². The molecule has 4 rings (SSSR count). The summed E-state index contributed by atoms with van der Waals surface area (Å²) in [5.74, 6) is 0. The Morgan fingerprint density at radius 2 is 1.92 bits per heavy atom. The Kier molecular flexibility index (Phi) is 4.13. The molecule has 1 fully saturated rings. The van der Waals surface area contributed by atoms with Crippen molar-refractivity contribution in [3.8, 4) is 0 Å². The number of urea groups is 1. The maximum absolute atomic E-state index is 12.0. The summed E-state index contributed by atoms with van der Waals surface area (Å²) in [6.07, 6.45) is 1.99. The second-order valence-corrected chi connectivity index (χ2v) is 7.09. The number of nitrogens with zero attached hydrogens (tertiary/aromatic N) is 2. The summed E-state index contributed by atoms with van der Waals surface area (Å²) in [7, 11) is 0. The Balaban J connectivity index is 1.74. The van der Waals surface area contributed by atoms with Crippen LogP contribution >= 0.6 is 15.9 Å². The maximum Gasteiger partial charge on any atom is 0.315 e. The van der Waals surface area contributed by atoms with Crippen molar-refractivity contribution in [3.05, 3.63) is 64.8 Å². The lowest BCUT2D eigenvalue weighted by Gasteiger charge is -2.41. The minimum Gasteiger partial charge on any atom is -0.367 e. The highest BCUT2D eigenvalue weighted by Gasteiger charge is 2.32. The lowest BCUT2D eigenvalue weighted by Crippen LogP contribution is -2.52. The van der Waals surface area contributed by atoms with E-state index in [1.54, 1.807) is 4.90 Å². The van der Waals surface area contributed by atoms with Gasteiger partial charge in [-0.15, -0.1) is 0 Å². The third-order valence-electron chi connectivity index (χ3n) is 4.84. The summed E-state index contributed by atoms with van der Waals surface area (Å²) in [6, 6.07) is 15.9. The van der Waals surface area contributed by atoms with Gasteiger partial charge in [0, 0.05) is 46.9 Å². The first-order valence-corrected chi connectivity index (χ1v) is 9.06. The number of aromatic nitrogens is 1. The molecule has 0 saturated carbocycles. The van der Waals surface area contributed by atoms with Gasteiger partial charge in [-0.1, -0.05) is 30.3 Å². The summed E-state index contributed by atoms with van der Waals surface area (Å²) in [4.78, 5) is 19.4. The number of hydrogen-bond donors (Lipinski definition) is 2. The monoisotopic (exact) mass is 398 g/mol. The molecule has 3 aromatic rings. The molecule has 0 bridgehead atoms. The van der Waals surface area contributed by atoms with E-state index in [2.05, 4.69) is 44.0 Å². The van der Waals surface area contributed by atoms with Crippen LogP contribution in [0.2, 0.25) is 0 Å². The SMILES string of the molecule is NC(=O)N1CCN(c2ccccc2)CC1c1c[nH]c2c(Br)cccc12. The number of carbonyl (C=O) groups excluding carboxylic acids is 1. The van der Waals surface area contributed by atoms with E-state index in [1.165, 1.54) is 0 Å². The first kappa shape index (κ1) is 16.0. The maximum atomic E-state index is 12.0. The summed E-state index contributed by atoms with van der Waals surface area (Å²) >= 11 is 3.58. The molecular weight excluding hydrogens is 380 g/mol. The summed E-state index contributed by atoms with van der Waals surface area (Å²) in [6.45, 7) is 2.09. The van der Waals surface area contributed by atoms with Gasteiger partial charge in [-0.05, 0) is 34.1 Å². The zero-order valence-corrected chi connectivity index (χ0v) is 15.2. The van der Waals surface area contributed by atoms with Crippen LogP contribution in [0.1, 0.15) is 11.6 Å². The van der Waals surface area contributed by atoms with Crippen LogP contribution in [-0.4, -0.2) is 35.5 Å². The Bertz CT molecular complexity index is 908. The highest BCUT2D eigenvalue weighted by molar-refractivity contribution is 9.10. The van der Waals surface area contributed by atoms with Crippen molar-refractivity contribution >= 4 is 38.6 Å². The first-order chi connectivity index (χ1) is 12.1. The Hall–Kier alpha value is -2.47. The number of aromatic amines is 1. The van der Waals surface area contributed by atoms with Gasteiger partial charge in [-0.25, -0.2) is 4.79 Å². The van der Waals surface area contributed by atoms with E-state index >= 15 is 0 Å². The van der Waals surface area contributed by atoms with Crippen LogP contribution in [0.3, 0.4) is 0 Å². The molecule has 2 amide bonds. The number of nitrogens with two attached hydrogens (primary N) is 1. The third-order valence-corrected chi connectivity index (χ3v) is 5.50. The number of H-pyrrole nitrogens is 1. The van der Waals surface area contributed by atoms with E-state index in [0.717, 1.165) is 33.2 Å². The van der Waals surface area contributed by atoms with Crippen LogP contribution in [0.15, 0.2) is 59.2 Å². The fourth-order valence-corrected chi connectivity index (χ4v) is 4.08. The smallest absolute Gasteiger partial charge is 0.315 e. The molecule has 3 N–H and O–H groups in total. The highest BCUT2D eigenvalue weighted by atomic mass is 79.9. The Morgan fingerprint density at radius 3 is 2.68 bits per heavy atom. The molecule has 128 valence electrons. The quantitative estimate of drug-likeness (QED) is 0.687. The standard InChI is InChI=1S/C19H19BrN4O/c20-16-8-4-7-14-15(11-22-18(14)16)17-12-23(9-10-24(17)19(21)25)13-5-2-1-3-6-13/h1-8,11,17,22H,9-10,12H2,(H2,21,25). The number of rotatable bonds is 2. The van der Waals surface area contributed by atoms with Crippen molar-refractivity contribution in [2.24, 2.45) is 5.73 Å². The van der Waals surface area contributed by atoms with Gasteiger partial charge in [0.05, 0.1) is 11.6 Å². The molecule has 2 aromatic carbocycles. The molecule has 6 heteroatoms. The van der Waals surface area contributed by atoms with E-state index in [1.807, 2.05) is 36.5 Å². The number of hydrogen-bond acceptors (Lipinski definition) is 2. The molecule has 1 atom stereocenters. The molecule has 25 heavy (non-hydrogen) atoms. The van der Waals surface area contributed by atoms with Crippen LogP contribution in [-0.2, 0) is 0 Å². The topological polar surface area (TPSA) is 65.4 Å². The second-order valence-electron chi connectivity index (χ2n) is 6.24. The van der Waals surface area contributed by atoms with Crippen molar-refractivity contribution in [3.63, 3.8) is 0 Å². The number of amides is 2. The number of nitrogens with one attached hydrogen (secondary N) is 1. The number of carbonyl (C=O) groups is 1. The summed E-state index contributed by atoms with van der Waals surface area (Å²) in [5, 5.41) is 1.11. The normalized spacial score (nSPS) is 17.9. The first-order valence-electron chi connectivity index (χ1n) is 8.26. The second kappa shape index (κ2) is 6.44. The molecule has 0 aliphatic carbocycles. The predicted octanol–water partition coefficient (Wildman–Crippen LogP) is 3.87. The number of piperazine rings is 1. The molecule has 0 spiro atoms. The molecule has 0 radical (unpaired) electrons. The highest BCUT2D eigenvalue weighted by Crippen LogP contribution is 2.34. The minimum atomic E-state index is -0.373. The van der Waals surface area contributed by atoms with Crippen LogP contribution in [0.4, 0.5) is 10.5 Å². The predicted molar refractivity (Wildman–Crippen MR) is 104 cm³/mol. The number of benzene rings is 2. The fourth-order valence-electron chi connectivity index (χ4n) is 3.60. The van der Waals surface area contributed by atoms with Gasteiger partial charge >= 0.3 is 6.03 Å². The zero-order chi connectivity index (χ0) is 17.4. The zero-order valence-electron chi connectivity index (χ0n) is 13.7. The number of fused-ring (bicyclic) bond motifs is 1. The van der Waals surface area contributed by atoms with E-state index in [0.29, 0.717) is 13.1 Å². The van der Waals surface area contributed by atoms with Crippen molar-refractivity contribution in [2.45, 2.75) is 6.04 Å². The minimum absolute atomic E-state index is 0.0884. The van der Waals surface area contributed by atoms with Crippen molar-refractivity contribution in [1.82, 2.24) is 9.88 Å². The molecule has 2 heterocycles. The van der Waals surface area contributed by atoms with Crippen molar-refractivity contribution < 1.29 is 4.79 Å². The number of halogens is 1. The van der Waals surface area contributed by atoms with Gasteiger partial charge in [0.15, 0.2) is 0 Å². The molecule has 1 unspecified atom stereocenters. The van der Waals surface area contributed by atoms with Gasteiger partial charge in [0.25, 0.3) is 0 Å². The largest absolute Gasteiger partial charge is 0.367 e. The molecule has 1 aliphatic heterocycles. The van der Waals surface area contributed by atoms with Crippen LogP contribution in [0, 0.1) is 0 Å². The summed E-state index contributed by atoms with van der Waals surface area (Å²) in [5.41, 5.74) is 8.97. The van der Waals surface area contributed by atoms with Crippen molar-refractivity contribution in [1.29, 1.82) is 0 Å². The van der Waals surface area contributed by atoms with E-state index in [4.69, 9.17) is 5.73 Å². The van der Waals surface area contributed by atoms with Crippen molar-refractivity contribution in [2.75, 3.05) is 24.5 Å². The van der Waals surface area contributed by atoms with Crippen LogP contribution in [0.25, 0.3) is 10.9 Å². The van der Waals surface area contributed by atoms with Gasteiger partial charge in [-0.2, -0.15) is 0 Å². The fraction of sp³-hybridized carbons (Fsp3) is 0.211. The van der Waals surface area contributed by atoms with E-state index in [9.17, 15) is 4.79 Å². The van der Waals surface area contributed by atoms with Gasteiger partial charge in [-0.3, -0.25) is 0 Å². The van der Waals surface area contributed by atoms with Crippen LogP contribution in [0.5, 0.6) is 0 Å². The molecular formula is C19H19BrN4O. The molecule has 5 nitrogen and oxygen atoms in total. The average Bonchev–Trinajstić information content (AvgIpc) is 3.07. The van der Waals surface area contributed by atoms with Gasteiger partial charge in [0.1, 0.15) is 0 Å². The Morgan fingerprint density at radius 1 is 1.12 bits per heavy atom. The molecule has 1 aromatic heterocycles. The lowest BCUT2D eigenvalue weighted by molar-refractivity contribution is 0.176. The Labute approximate surface area is 154 Å². The molecule has 1 aliphatic rings. The van der Waals surface area contributed by atoms with Gasteiger partial charge in [0.2, 0.25) is 0 Å². The third kappa shape index (κ3) is 2.87. The number of para-hydroxylation sites is 2. The number of primary amides is 1. The van der Waals surface area contributed by atoms with Crippen LogP contribution < -0.4 is 10.6 Å². The lowest BCUT2D eigenvalue weighted by atomic mass is 10.0. The summed E-state index contributed by atoms with van der Waals surface area (Å²) < 4.78 is 1.01. The molecule has 1 saturated heterocycles.